The van der Waals surface area contributed by atoms with Crippen LogP contribution in [0.5, 0.6) is 11.5 Å². The van der Waals surface area contributed by atoms with Gasteiger partial charge < -0.3 is 14.0 Å². The van der Waals surface area contributed by atoms with Gasteiger partial charge in [0, 0.05) is 28.5 Å². The van der Waals surface area contributed by atoms with Crippen molar-refractivity contribution in [2.24, 2.45) is 7.05 Å². The summed E-state index contributed by atoms with van der Waals surface area (Å²) in [4.78, 5) is 13.8. The van der Waals surface area contributed by atoms with Gasteiger partial charge in [-0.2, -0.15) is 0 Å². The highest BCUT2D eigenvalue weighted by atomic mass is 127. The zero-order valence-corrected chi connectivity index (χ0v) is 20.0. The number of rotatable bonds is 4. The molecule has 4 aromatic rings. The van der Waals surface area contributed by atoms with Crippen LogP contribution in [0, 0.1) is 0 Å². The Bertz CT molecular complexity index is 1430. The van der Waals surface area contributed by atoms with Crippen LogP contribution in [0.2, 0.25) is 0 Å². The lowest BCUT2D eigenvalue weighted by molar-refractivity contribution is 0.158. The molecule has 1 aliphatic rings. The molecule has 0 atom stereocenters. The Morgan fingerprint density at radius 2 is 1.87 bits per heavy atom. The fourth-order valence-corrected chi connectivity index (χ4v) is 4.66. The van der Waals surface area contributed by atoms with Crippen LogP contribution in [-0.4, -0.2) is 21.2 Å². The third kappa shape index (κ3) is 3.39. The van der Waals surface area contributed by atoms with Crippen molar-refractivity contribution in [2.75, 3.05) is 11.0 Å². The van der Waals surface area contributed by atoms with Crippen LogP contribution < -0.4 is 14.9 Å². The number of hydrogen-bond donors (Lipinski definition) is 0. The fraction of sp³-hybridized carbons (Fsp3) is 0.269. The second-order valence-electron chi connectivity index (χ2n) is 8.54. The predicted molar refractivity (Wildman–Crippen MR) is 137 cm³/mol. The molecule has 0 unspecified atom stereocenters. The lowest BCUT2D eigenvalue weighted by atomic mass is 9.97. The molecule has 1 aliphatic heterocycles. The van der Waals surface area contributed by atoms with E-state index in [1.165, 1.54) is 0 Å². The number of nitrogens with zero attached hydrogens (tertiary/aromatic N) is 1. The van der Waals surface area contributed by atoms with Gasteiger partial charge in [0.1, 0.15) is 17.1 Å². The summed E-state index contributed by atoms with van der Waals surface area (Å²) in [5.74, 6) is 1.35. The molecular weight excluding hydrogens is 501 g/mol. The number of benzene rings is 3. The summed E-state index contributed by atoms with van der Waals surface area (Å²) in [6, 6.07) is 14.1. The van der Waals surface area contributed by atoms with E-state index in [0.29, 0.717) is 23.1 Å². The summed E-state index contributed by atoms with van der Waals surface area (Å²) in [5, 5.41) is 3.49. The first-order chi connectivity index (χ1) is 14.9. The summed E-state index contributed by atoms with van der Waals surface area (Å²) < 4.78 is 15.5. The quantitative estimate of drug-likeness (QED) is 0.137. The molecule has 5 heteroatoms. The molecule has 5 rings (SSSR count). The maximum atomic E-state index is 13.8. The summed E-state index contributed by atoms with van der Waals surface area (Å²) in [6.07, 6.45) is 5.03. The van der Waals surface area contributed by atoms with E-state index >= 15 is 0 Å². The van der Waals surface area contributed by atoms with E-state index in [1.54, 1.807) is 0 Å². The monoisotopic (exact) mass is 525 g/mol. The molecule has 0 radical (unpaired) electrons. The first-order valence-corrected chi connectivity index (χ1v) is 12.0. The Morgan fingerprint density at radius 3 is 2.61 bits per heavy atom. The molecule has 1 aromatic heterocycles. The van der Waals surface area contributed by atoms with Gasteiger partial charge in [0.25, 0.3) is 0 Å². The van der Waals surface area contributed by atoms with Crippen molar-refractivity contribution in [3.63, 3.8) is 0 Å². The second kappa shape index (κ2) is 7.55. The zero-order chi connectivity index (χ0) is 21.8. The van der Waals surface area contributed by atoms with Gasteiger partial charge in [-0.05, 0) is 55.3 Å². The van der Waals surface area contributed by atoms with Crippen molar-refractivity contribution in [3.05, 3.63) is 64.3 Å². The normalized spacial score (nSPS) is 14.7. The summed E-state index contributed by atoms with van der Waals surface area (Å²) in [7, 11) is 2.02. The Hall–Kier alpha value is -2.54. The van der Waals surface area contributed by atoms with E-state index in [4.69, 9.17) is 9.47 Å². The van der Waals surface area contributed by atoms with Gasteiger partial charge in [0.15, 0.2) is 0 Å². The molecule has 0 spiro atoms. The number of hydrogen-bond acceptors (Lipinski definition) is 3. The standard InChI is InChI=1S/C26H24INO3/c1-26(2)10-9-18-21(31-26)15-22(30-12-6-11-27)23-24(18)28(3)20-14-17-8-5-4-7-16(17)13-19(20)25(23)29/h4-5,7-10,13-15H,6,11-12H2,1-3H3. The van der Waals surface area contributed by atoms with Gasteiger partial charge in [0.2, 0.25) is 5.43 Å². The molecule has 3 aromatic carbocycles. The van der Waals surface area contributed by atoms with Crippen molar-refractivity contribution < 1.29 is 9.47 Å². The van der Waals surface area contributed by atoms with Crippen molar-refractivity contribution in [1.82, 2.24) is 4.57 Å². The minimum Gasteiger partial charge on any atom is -0.493 e. The highest BCUT2D eigenvalue weighted by Gasteiger charge is 2.27. The van der Waals surface area contributed by atoms with Gasteiger partial charge in [-0.1, -0.05) is 46.9 Å². The molecular formula is C26H24INO3. The van der Waals surface area contributed by atoms with Crippen molar-refractivity contribution in [2.45, 2.75) is 25.9 Å². The number of fused-ring (bicyclic) bond motifs is 5. The van der Waals surface area contributed by atoms with E-state index in [1.807, 2.05) is 57.3 Å². The van der Waals surface area contributed by atoms with Crippen LogP contribution in [0.1, 0.15) is 25.8 Å². The topological polar surface area (TPSA) is 40.5 Å². The number of aromatic nitrogens is 1. The van der Waals surface area contributed by atoms with Gasteiger partial charge >= 0.3 is 0 Å². The molecule has 0 aliphatic carbocycles. The van der Waals surface area contributed by atoms with Gasteiger partial charge in [0.05, 0.1) is 23.0 Å². The van der Waals surface area contributed by atoms with E-state index in [-0.39, 0.29) is 5.43 Å². The Morgan fingerprint density at radius 1 is 1.13 bits per heavy atom. The molecule has 0 saturated heterocycles. The molecule has 0 bridgehead atoms. The van der Waals surface area contributed by atoms with E-state index in [9.17, 15) is 4.79 Å². The molecule has 31 heavy (non-hydrogen) atoms. The predicted octanol–water partition coefficient (Wildman–Crippen LogP) is 6.23. The Labute approximate surface area is 194 Å². The highest BCUT2D eigenvalue weighted by molar-refractivity contribution is 14.1. The zero-order valence-electron chi connectivity index (χ0n) is 17.9. The smallest absolute Gasteiger partial charge is 0.201 e. The maximum absolute atomic E-state index is 13.8. The van der Waals surface area contributed by atoms with Gasteiger partial charge in [-0.3, -0.25) is 4.79 Å². The van der Waals surface area contributed by atoms with Crippen LogP contribution >= 0.6 is 22.6 Å². The van der Waals surface area contributed by atoms with Crippen LogP contribution in [0.4, 0.5) is 0 Å². The lowest BCUT2D eigenvalue weighted by Crippen LogP contribution is -2.28. The van der Waals surface area contributed by atoms with E-state index < -0.39 is 5.60 Å². The van der Waals surface area contributed by atoms with Crippen LogP contribution in [0.3, 0.4) is 0 Å². The van der Waals surface area contributed by atoms with Crippen LogP contribution in [-0.2, 0) is 7.05 Å². The van der Waals surface area contributed by atoms with Crippen molar-refractivity contribution in [1.29, 1.82) is 0 Å². The maximum Gasteiger partial charge on any atom is 0.201 e. The number of ether oxygens (including phenoxy) is 2. The average molecular weight is 525 g/mol. The molecule has 0 amide bonds. The summed E-state index contributed by atoms with van der Waals surface area (Å²) in [5.41, 5.74) is 2.26. The van der Waals surface area contributed by atoms with E-state index in [0.717, 1.165) is 44.0 Å². The van der Waals surface area contributed by atoms with Crippen molar-refractivity contribution in [3.8, 4) is 11.5 Å². The van der Waals surface area contributed by atoms with E-state index in [2.05, 4.69) is 45.4 Å². The first-order valence-electron chi connectivity index (χ1n) is 10.5. The van der Waals surface area contributed by atoms with Crippen molar-refractivity contribution >= 4 is 61.2 Å². The fourth-order valence-electron chi connectivity index (χ4n) is 4.35. The molecule has 0 saturated carbocycles. The largest absolute Gasteiger partial charge is 0.493 e. The highest BCUT2D eigenvalue weighted by Crippen LogP contribution is 2.41. The summed E-state index contributed by atoms with van der Waals surface area (Å²) in [6.45, 7) is 4.62. The van der Waals surface area contributed by atoms with Gasteiger partial charge in [-0.15, -0.1) is 0 Å². The number of alkyl halides is 1. The molecule has 158 valence electrons. The van der Waals surface area contributed by atoms with Crippen LogP contribution in [0.15, 0.2) is 53.3 Å². The minimum absolute atomic E-state index is 0.000592. The third-order valence-corrected chi connectivity index (χ3v) is 6.62. The van der Waals surface area contributed by atoms with Crippen LogP contribution in [0.25, 0.3) is 38.7 Å². The molecule has 2 heterocycles. The number of aryl methyl sites for hydroxylation is 1. The minimum atomic E-state index is -0.411. The first kappa shape index (κ1) is 20.4. The Kier molecular flexibility index (Phi) is 4.96. The Balaban J connectivity index is 1.91. The SMILES string of the molecule is Cn1c2cc3ccccc3cc2c(=O)c2c(OCCCI)cc3c(c21)C=CC(C)(C)O3. The van der Waals surface area contributed by atoms with Gasteiger partial charge in [-0.25, -0.2) is 0 Å². The number of halogens is 1. The molecule has 4 nitrogen and oxygen atoms in total. The summed E-state index contributed by atoms with van der Waals surface area (Å²) >= 11 is 2.34. The second-order valence-corrected chi connectivity index (χ2v) is 9.62. The third-order valence-electron chi connectivity index (χ3n) is 5.86. The number of pyridine rings is 1. The molecule has 0 fully saturated rings. The lowest BCUT2D eigenvalue weighted by Gasteiger charge is -2.29. The average Bonchev–Trinajstić information content (AvgIpc) is 2.75. The molecule has 0 N–H and O–H groups in total.